The van der Waals surface area contributed by atoms with Crippen LogP contribution in [0.1, 0.15) is 32.1 Å². The van der Waals surface area contributed by atoms with Crippen LogP contribution in [0.3, 0.4) is 0 Å². The van der Waals surface area contributed by atoms with Crippen LogP contribution in [0, 0.1) is 5.41 Å². The number of amides is 2. The van der Waals surface area contributed by atoms with Gasteiger partial charge in [-0.05, 0) is 51.7 Å². The molecule has 0 bridgehead atoms. The van der Waals surface area contributed by atoms with E-state index in [0.717, 1.165) is 64.8 Å². The molecule has 1 spiro atoms. The van der Waals surface area contributed by atoms with E-state index in [9.17, 15) is 9.59 Å². The van der Waals surface area contributed by atoms with Gasteiger partial charge in [0.15, 0.2) is 0 Å². The quantitative estimate of drug-likeness (QED) is 0.681. The van der Waals surface area contributed by atoms with E-state index < -0.39 is 5.41 Å². The maximum absolute atomic E-state index is 12.8. The standard InChI is InChI=1S/C15H24N4O2/c20-13-15(14(21)19-10-2-9-18(13)19)5-1-8-17(11-15)12-3-6-16-7-4-12/h12,16H,1-11H2. The van der Waals surface area contributed by atoms with Gasteiger partial charge < -0.3 is 5.32 Å². The normalized spacial score (nSPS) is 30.5. The SMILES string of the molecule is O=C1N2CCCN2C(=O)C12CCCN(C1CCNCC1)C2. The Hall–Kier alpha value is -1.14. The van der Waals surface area contributed by atoms with E-state index in [1.165, 1.54) is 0 Å². The van der Waals surface area contributed by atoms with Crippen LogP contribution in [0.2, 0.25) is 0 Å². The Bertz CT molecular complexity index is 439. The fourth-order valence-corrected chi connectivity index (χ4v) is 4.54. The molecule has 6 nitrogen and oxygen atoms in total. The van der Waals surface area contributed by atoms with Crippen LogP contribution in [0.5, 0.6) is 0 Å². The van der Waals surface area contributed by atoms with Gasteiger partial charge >= 0.3 is 0 Å². The van der Waals surface area contributed by atoms with Crippen molar-refractivity contribution in [2.75, 3.05) is 39.3 Å². The molecule has 0 aliphatic carbocycles. The predicted molar refractivity (Wildman–Crippen MR) is 77.2 cm³/mol. The van der Waals surface area contributed by atoms with Crippen LogP contribution in [-0.2, 0) is 9.59 Å². The summed E-state index contributed by atoms with van der Waals surface area (Å²) in [6.07, 6.45) is 4.88. The Morgan fingerprint density at radius 1 is 0.952 bits per heavy atom. The molecule has 1 N–H and O–H groups in total. The second-order valence-electron chi connectivity index (χ2n) is 6.85. The van der Waals surface area contributed by atoms with E-state index in [2.05, 4.69) is 10.2 Å². The molecule has 0 saturated carbocycles. The lowest BCUT2D eigenvalue weighted by Crippen LogP contribution is -2.55. The van der Waals surface area contributed by atoms with Gasteiger partial charge in [0.1, 0.15) is 5.41 Å². The van der Waals surface area contributed by atoms with Gasteiger partial charge in [-0.15, -0.1) is 0 Å². The second kappa shape index (κ2) is 4.95. The van der Waals surface area contributed by atoms with Gasteiger partial charge in [0, 0.05) is 25.7 Å². The number of rotatable bonds is 1. The predicted octanol–water partition coefficient (Wildman–Crippen LogP) is -0.190. The van der Waals surface area contributed by atoms with E-state index in [1.807, 2.05) is 0 Å². The lowest BCUT2D eigenvalue weighted by Gasteiger charge is -2.42. The van der Waals surface area contributed by atoms with E-state index in [1.54, 1.807) is 10.0 Å². The van der Waals surface area contributed by atoms with Crippen LogP contribution in [0.25, 0.3) is 0 Å². The Balaban J connectivity index is 1.56. The van der Waals surface area contributed by atoms with Crippen molar-refractivity contribution < 1.29 is 9.59 Å². The topological polar surface area (TPSA) is 55.9 Å². The molecule has 2 amide bonds. The summed E-state index contributed by atoms with van der Waals surface area (Å²) in [5, 5.41) is 6.82. The highest BCUT2D eigenvalue weighted by Crippen LogP contribution is 2.42. The van der Waals surface area contributed by atoms with Gasteiger partial charge in [-0.3, -0.25) is 24.5 Å². The molecule has 4 fully saturated rings. The Morgan fingerprint density at radius 2 is 1.62 bits per heavy atom. The van der Waals surface area contributed by atoms with Gasteiger partial charge in [-0.2, -0.15) is 0 Å². The van der Waals surface area contributed by atoms with E-state index in [4.69, 9.17) is 0 Å². The van der Waals surface area contributed by atoms with Crippen LogP contribution >= 0.6 is 0 Å². The molecule has 6 heteroatoms. The number of hydrogen-bond donors (Lipinski definition) is 1. The number of carbonyl (C=O) groups is 2. The van der Waals surface area contributed by atoms with Gasteiger partial charge in [0.05, 0.1) is 0 Å². The Kier molecular flexibility index (Phi) is 3.19. The van der Waals surface area contributed by atoms with Gasteiger partial charge in [-0.1, -0.05) is 0 Å². The molecule has 116 valence electrons. The zero-order valence-electron chi connectivity index (χ0n) is 12.5. The van der Waals surface area contributed by atoms with Crippen molar-refractivity contribution >= 4 is 11.8 Å². The van der Waals surface area contributed by atoms with Crippen molar-refractivity contribution in [2.45, 2.75) is 38.1 Å². The van der Waals surface area contributed by atoms with Crippen molar-refractivity contribution in [1.29, 1.82) is 0 Å². The number of hydrogen-bond acceptors (Lipinski definition) is 4. The molecule has 0 atom stereocenters. The minimum Gasteiger partial charge on any atom is -0.317 e. The number of hydrazine groups is 1. The van der Waals surface area contributed by atoms with Gasteiger partial charge in [0.2, 0.25) is 0 Å². The van der Waals surface area contributed by atoms with Crippen LogP contribution in [0.4, 0.5) is 0 Å². The molecule has 4 aliphatic rings. The van der Waals surface area contributed by atoms with Crippen LogP contribution in [-0.4, -0.2) is 72.0 Å². The minimum absolute atomic E-state index is 0.0728. The van der Waals surface area contributed by atoms with Gasteiger partial charge in [-0.25, -0.2) is 0 Å². The number of piperidine rings is 2. The third kappa shape index (κ3) is 1.92. The van der Waals surface area contributed by atoms with E-state index in [-0.39, 0.29) is 11.8 Å². The first kappa shape index (κ1) is 13.5. The Morgan fingerprint density at radius 3 is 2.29 bits per heavy atom. The van der Waals surface area contributed by atoms with Crippen LogP contribution in [0.15, 0.2) is 0 Å². The summed E-state index contributed by atoms with van der Waals surface area (Å²) in [5.74, 6) is 0.146. The molecular formula is C15H24N4O2. The number of nitrogens with one attached hydrogen (secondary N) is 1. The first-order chi connectivity index (χ1) is 10.2. The molecule has 0 aromatic rings. The van der Waals surface area contributed by atoms with Crippen LogP contribution < -0.4 is 5.32 Å². The maximum Gasteiger partial charge on any atom is 0.258 e. The molecule has 4 saturated heterocycles. The van der Waals surface area contributed by atoms with Crippen molar-refractivity contribution in [3.05, 3.63) is 0 Å². The zero-order chi connectivity index (χ0) is 14.4. The third-order valence-corrected chi connectivity index (χ3v) is 5.67. The highest BCUT2D eigenvalue weighted by molar-refractivity contribution is 6.10. The number of fused-ring (bicyclic) bond motifs is 1. The van der Waals surface area contributed by atoms with E-state index >= 15 is 0 Å². The summed E-state index contributed by atoms with van der Waals surface area (Å²) in [6, 6.07) is 0.537. The summed E-state index contributed by atoms with van der Waals surface area (Å²) in [4.78, 5) is 28.1. The zero-order valence-corrected chi connectivity index (χ0v) is 12.5. The van der Waals surface area contributed by atoms with E-state index in [0.29, 0.717) is 12.6 Å². The number of nitrogens with zero attached hydrogens (tertiary/aromatic N) is 3. The fourth-order valence-electron chi connectivity index (χ4n) is 4.54. The molecule has 0 aromatic carbocycles. The first-order valence-corrected chi connectivity index (χ1v) is 8.31. The van der Waals surface area contributed by atoms with Gasteiger partial charge in [0.25, 0.3) is 11.8 Å². The molecule has 0 radical (unpaired) electrons. The van der Waals surface area contributed by atoms with Crippen molar-refractivity contribution in [3.63, 3.8) is 0 Å². The maximum atomic E-state index is 12.8. The summed E-state index contributed by atoms with van der Waals surface area (Å²) >= 11 is 0. The van der Waals surface area contributed by atoms with Crippen molar-refractivity contribution in [3.8, 4) is 0 Å². The minimum atomic E-state index is -0.760. The monoisotopic (exact) mass is 292 g/mol. The smallest absolute Gasteiger partial charge is 0.258 e. The highest BCUT2D eigenvalue weighted by atomic mass is 16.2. The number of carbonyl (C=O) groups excluding carboxylic acids is 2. The molecule has 4 rings (SSSR count). The first-order valence-electron chi connectivity index (χ1n) is 8.31. The highest BCUT2D eigenvalue weighted by Gasteiger charge is 2.60. The molecule has 21 heavy (non-hydrogen) atoms. The summed E-state index contributed by atoms with van der Waals surface area (Å²) < 4.78 is 0. The third-order valence-electron chi connectivity index (χ3n) is 5.67. The summed E-state index contributed by atoms with van der Waals surface area (Å²) in [5.41, 5.74) is -0.760. The molecule has 0 aromatic heterocycles. The average Bonchev–Trinajstić information content (AvgIpc) is 3.09. The molecular weight excluding hydrogens is 268 g/mol. The average molecular weight is 292 g/mol. The largest absolute Gasteiger partial charge is 0.317 e. The molecule has 4 aliphatic heterocycles. The lowest BCUT2D eigenvalue weighted by molar-refractivity contribution is -0.143. The second-order valence-corrected chi connectivity index (χ2v) is 6.85. The van der Waals surface area contributed by atoms with Crippen molar-refractivity contribution in [1.82, 2.24) is 20.2 Å². The Labute approximate surface area is 125 Å². The van der Waals surface area contributed by atoms with Crippen molar-refractivity contribution in [2.24, 2.45) is 5.41 Å². The fraction of sp³-hybridized carbons (Fsp3) is 0.867. The summed E-state index contributed by atoms with van der Waals surface area (Å²) in [6.45, 7) is 5.22. The molecule has 4 heterocycles. The summed E-state index contributed by atoms with van der Waals surface area (Å²) in [7, 11) is 0. The molecule has 0 unspecified atom stereocenters. The number of likely N-dealkylation sites (tertiary alicyclic amines) is 1. The lowest BCUT2D eigenvalue weighted by atomic mass is 9.78.